The van der Waals surface area contributed by atoms with Gasteiger partial charge in [-0.3, -0.25) is 0 Å². The minimum absolute atomic E-state index is 0.246. The largest absolute Gasteiger partial charge is 0.321 e. The van der Waals surface area contributed by atoms with E-state index >= 15 is 0 Å². The van der Waals surface area contributed by atoms with Crippen molar-refractivity contribution in [3.05, 3.63) is 29.8 Å². The lowest BCUT2D eigenvalue weighted by molar-refractivity contribution is 0.575. The number of pyridine rings is 1. The Kier molecular flexibility index (Phi) is 1.23. The second kappa shape index (κ2) is 2.01. The molecular weight excluding hydrogens is 143 g/mol. The van der Waals surface area contributed by atoms with E-state index in [0.717, 1.165) is 18.4 Å². The number of hydrogen-bond acceptors (Lipinski definition) is 2. The zero-order chi connectivity index (χ0) is 7.90. The standard InChI is InChI=1S/C8H9FN2/c9-7-5-6(1-4-11-7)8(10)2-3-8/h1,4-5H,2-3,10H2. The van der Waals surface area contributed by atoms with Gasteiger partial charge in [0.05, 0.1) is 0 Å². The molecule has 1 fully saturated rings. The van der Waals surface area contributed by atoms with Crippen molar-refractivity contribution in [3.63, 3.8) is 0 Å². The molecule has 1 saturated carbocycles. The highest BCUT2D eigenvalue weighted by Gasteiger charge is 2.40. The maximum Gasteiger partial charge on any atom is 0.213 e. The summed E-state index contributed by atoms with van der Waals surface area (Å²) in [5.74, 6) is -0.445. The Hall–Kier alpha value is -0.960. The maximum absolute atomic E-state index is 12.6. The fourth-order valence-electron chi connectivity index (χ4n) is 1.14. The normalized spacial score (nSPS) is 19.8. The zero-order valence-electron chi connectivity index (χ0n) is 6.05. The lowest BCUT2D eigenvalue weighted by Gasteiger charge is -2.06. The van der Waals surface area contributed by atoms with E-state index in [1.165, 1.54) is 12.3 Å². The maximum atomic E-state index is 12.6. The van der Waals surface area contributed by atoms with Gasteiger partial charge in [-0.2, -0.15) is 4.39 Å². The summed E-state index contributed by atoms with van der Waals surface area (Å²) in [7, 11) is 0. The number of nitrogens with zero attached hydrogens (tertiary/aromatic N) is 1. The average Bonchev–Trinajstić information content (AvgIpc) is 2.70. The molecule has 0 aliphatic heterocycles. The smallest absolute Gasteiger partial charge is 0.213 e. The minimum atomic E-state index is -0.445. The molecule has 0 aromatic carbocycles. The van der Waals surface area contributed by atoms with Crippen LogP contribution in [0.25, 0.3) is 0 Å². The molecule has 1 aromatic rings. The monoisotopic (exact) mass is 152 g/mol. The molecule has 2 nitrogen and oxygen atoms in total. The second-order valence-corrected chi connectivity index (χ2v) is 3.02. The van der Waals surface area contributed by atoms with E-state index in [-0.39, 0.29) is 5.54 Å². The van der Waals surface area contributed by atoms with Gasteiger partial charge >= 0.3 is 0 Å². The third kappa shape index (κ3) is 1.12. The molecule has 0 saturated heterocycles. The first-order valence-corrected chi connectivity index (χ1v) is 3.62. The molecule has 0 spiro atoms. The summed E-state index contributed by atoms with van der Waals surface area (Å²) in [5, 5.41) is 0. The summed E-state index contributed by atoms with van der Waals surface area (Å²) >= 11 is 0. The summed E-state index contributed by atoms with van der Waals surface area (Å²) in [6.07, 6.45) is 3.37. The molecule has 0 bridgehead atoms. The fraction of sp³-hybridized carbons (Fsp3) is 0.375. The van der Waals surface area contributed by atoms with E-state index in [4.69, 9.17) is 5.73 Å². The third-order valence-electron chi connectivity index (χ3n) is 2.09. The van der Waals surface area contributed by atoms with Crippen LogP contribution in [0.2, 0.25) is 0 Å². The highest BCUT2D eigenvalue weighted by Crippen LogP contribution is 2.42. The first-order valence-electron chi connectivity index (χ1n) is 3.62. The molecule has 2 N–H and O–H groups in total. The Morgan fingerprint density at radius 1 is 1.55 bits per heavy atom. The van der Waals surface area contributed by atoms with Gasteiger partial charge in [0.1, 0.15) is 0 Å². The SMILES string of the molecule is NC1(c2ccnc(F)c2)CC1. The van der Waals surface area contributed by atoms with Gasteiger partial charge in [-0.1, -0.05) is 0 Å². The van der Waals surface area contributed by atoms with Crippen LogP contribution in [0, 0.1) is 5.95 Å². The zero-order valence-corrected chi connectivity index (χ0v) is 6.05. The molecule has 58 valence electrons. The topological polar surface area (TPSA) is 38.9 Å². The van der Waals surface area contributed by atoms with Crippen molar-refractivity contribution in [1.82, 2.24) is 4.98 Å². The van der Waals surface area contributed by atoms with Crippen molar-refractivity contribution in [2.45, 2.75) is 18.4 Å². The molecule has 0 radical (unpaired) electrons. The van der Waals surface area contributed by atoms with Crippen LogP contribution in [0.4, 0.5) is 4.39 Å². The van der Waals surface area contributed by atoms with E-state index < -0.39 is 5.95 Å². The molecule has 2 rings (SSSR count). The predicted octanol–water partition coefficient (Wildman–Crippen LogP) is 1.17. The number of halogens is 1. The molecule has 0 unspecified atom stereocenters. The van der Waals surface area contributed by atoms with E-state index in [2.05, 4.69) is 4.98 Å². The molecule has 3 heteroatoms. The summed E-state index contributed by atoms with van der Waals surface area (Å²) in [6.45, 7) is 0. The van der Waals surface area contributed by atoms with Crippen LogP contribution >= 0.6 is 0 Å². The third-order valence-corrected chi connectivity index (χ3v) is 2.09. The molecule has 0 atom stereocenters. The summed E-state index contributed by atoms with van der Waals surface area (Å²) < 4.78 is 12.6. The first-order chi connectivity index (χ1) is 5.21. The van der Waals surface area contributed by atoms with Crippen molar-refractivity contribution in [2.75, 3.05) is 0 Å². The number of nitrogens with two attached hydrogens (primary N) is 1. The molecule has 1 heterocycles. The first kappa shape index (κ1) is 6.73. The molecule has 1 aromatic heterocycles. The Labute approximate surface area is 64.2 Å². The lowest BCUT2D eigenvalue weighted by atomic mass is 10.1. The highest BCUT2D eigenvalue weighted by atomic mass is 19.1. The van der Waals surface area contributed by atoms with E-state index in [9.17, 15) is 4.39 Å². The van der Waals surface area contributed by atoms with Crippen molar-refractivity contribution < 1.29 is 4.39 Å². The molecule has 1 aliphatic carbocycles. The summed E-state index contributed by atoms with van der Waals surface area (Å²) in [6, 6.07) is 3.18. The summed E-state index contributed by atoms with van der Waals surface area (Å²) in [5.41, 5.74) is 6.46. The molecule has 0 amide bonds. The lowest BCUT2D eigenvalue weighted by Crippen LogP contribution is -2.18. The molecule has 1 aliphatic rings. The average molecular weight is 152 g/mol. The Morgan fingerprint density at radius 3 is 2.82 bits per heavy atom. The fourth-order valence-corrected chi connectivity index (χ4v) is 1.14. The predicted molar refractivity (Wildman–Crippen MR) is 39.3 cm³/mol. The Bertz CT molecular complexity index is 281. The van der Waals surface area contributed by atoms with Crippen LogP contribution in [0.3, 0.4) is 0 Å². The van der Waals surface area contributed by atoms with Gasteiger partial charge in [-0.05, 0) is 30.5 Å². The van der Waals surface area contributed by atoms with Crippen LogP contribution in [-0.4, -0.2) is 4.98 Å². The summed E-state index contributed by atoms with van der Waals surface area (Å²) in [4.78, 5) is 3.46. The van der Waals surface area contributed by atoms with Crippen molar-refractivity contribution in [1.29, 1.82) is 0 Å². The van der Waals surface area contributed by atoms with E-state index in [0.29, 0.717) is 0 Å². The molecular formula is C8H9FN2. The molecule has 11 heavy (non-hydrogen) atoms. The van der Waals surface area contributed by atoms with Gasteiger partial charge in [0.25, 0.3) is 0 Å². The van der Waals surface area contributed by atoms with Crippen molar-refractivity contribution in [3.8, 4) is 0 Å². The number of hydrogen-bond donors (Lipinski definition) is 1. The second-order valence-electron chi connectivity index (χ2n) is 3.02. The van der Waals surface area contributed by atoms with Crippen LogP contribution in [0.5, 0.6) is 0 Å². The number of aromatic nitrogens is 1. The highest BCUT2D eigenvalue weighted by molar-refractivity contribution is 5.27. The van der Waals surface area contributed by atoms with Crippen LogP contribution in [-0.2, 0) is 5.54 Å². The number of rotatable bonds is 1. The Balaban J connectivity index is 2.38. The van der Waals surface area contributed by atoms with Gasteiger partial charge in [-0.15, -0.1) is 0 Å². The van der Waals surface area contributed by atoms with Gasteiger partial charge in [-0.25, -0.2) is 4.98 Å². The van der Waals surface area contributed by atoms with Crippen molar-refractivity contribution in [2.24, 2.45) is 5.73 Å². The van der Waals surface area contributed by atoms with Crippen LogP contribution in [0.15, 0.2) is 18.3 Å². The Morgan fingerprint density at radius 2 is 2.27 bits per heavy atom. The van der Waals surface area contributed by atoms with Gasteiger partial charge in [0.15, 0.2) is 0 Å². The van der Waals surface area contributed by atoms with Gasteiger partial charge in [0.2, 0.25) is 5.95 Å². The van der Waals surface area contributed by atoms with Crippen LogP contribution in [0.1, 0.15) is 18.4 Å². The van der Waals surface area contributed by atoms with Gasteiger partial charge in [0, 0.05) is 11.7 Å². The van der Waals surface area contributed by atoms with Gasteiger partial charge < -0.3 is 5.73 Å². The minimum Gasteiger partial charge on any atom is -0.321 e. The van der Waals surface area contributed by atoms with Crippen molar-refractivity contribution >= 4 is 0 Å². The van der Waals surface area contributed by atoms with E-state index in [1.807, 2.05) is 0 Å². The van der Waals surface area contributed by atoms with E-state index in [1.54, 1.807) is 6.07 Å². The quantitative estimate of drug-likeness (QED) is 0.613. The van der Waals surface area contributed by atoms with Crippen LogP contribution < -0.4 is 5.73 Å².